The first-order valence-corrected chi connectivity index (χ1v) is 9.04. The van der Waals surface area contributed by atoms with Crippen LogP contribution in [-0.2, 0) is 16.1 Å². The fourth-order valence-corrected chi connectivity index (χ4v) is 3.70. The van der Waals surface area contributed by atoms with E-state index in [4.69, 9.17) is 4.74 Å². The number of nitrogens with one attached hydrogen (secondary N) is 1. The van der Waals surface area contributed by atoms with Crippen molar-refractivity contribution in [2.45, 2.75) is 25.5 Å². The molecule has 1 amide bonds. The summed E-state index contributed by atoms with van der Waals surface area (Å²) in [6, 6.07) is 5.73. The van der Waals surface area contributed by atoms with Gasteiger partial charge in [-0.2, -0.15) is 0 Å². The first-order chi connectivity index (χ1) is 12.6. The minimum Gasteiger partial charge on any atom is -0.368 e. The molecule has 1 aromatic carbocycles. The molecule has 2 aliphatic rings. The van der Waals surface area contributed by atoms with Gasteiger partial charge in [0.2, 0.25) is 0 Å². The van der Waals surface area contributed by atoms with E-state index >= 15 is 0 Å². The van der Waals surface area contributed by atoms with Gasteiger partial charge < -0.3 is 14.6 Å². The number of piperazine rings is 1. The topological polar surface area (TPSA) is 65.6 Å². The number of ether oxygens (including phenoxy) is 1. The number of rotatable bonds is 3. The molecule has 0 radical (unpaired) electrons. The van der Waals surface area contributed by atoms with Crippen molar-refractivity contribution in [1.29, 1.82) is 0 Å². The Kier molecular flexibility index (Phi) is 4.74. The van der Waals surface area contributed by atoms with Gasteiger partial charge in [0.05, 0.1) is 0 Å². The highest BCUT2D eigenvalue weighted by atomic mass is 19.1. The molecule has 2 saturated heterocycles. The number of carbonyl (C=O) groups excluding carboxylic acids is 1. The molecule has 1 aromatic heterocycles. The van der Waals surface area contributed by atoms with Crippen molar-refractivity contribution >= 4 is 16.8 Å². The van der Waals surface area contributed by atoms with E-state index in [1.807, 2.05) is 4.90 Å². The molecule has 3 heterocycles. The Labute approximate surface area is 150 Å². The van der Waals surface area contributed by atoms with Crippen LogP contribution < -0.4 is 5.43 Å². The molecule has 1 atom stereocenters. The largest absolute Gasteiger partial charge is 0.368 e. The van der Waals surface area contributed by atoms with Crippen molar-refractivity contribution in [3.8, 4) is 0 Å². The quantitative estimate of drug-likeness (QED) is 0.902. The zero-order valence-corrected chi connectivity index (χ0v) is 14.5. The lowest BCUT2D eigenvalue weighted by atomic mass is 10.1. The number of hydrogen-bond acceptors (Lipinski definition) is 4. The number of halogens is 1. The molecule has 0 aliphatic carbocycles. The van der Waals surface area contributed by atoms with Gasteiger partial charge in [-0.15, -0.1) is 0 Å². The van der Waals surface area contributed by atoms with Gasteiger partial charge in [-0.1, -0.05) is 0 Å². The van der Waals surface area contributed by atoms with Crippen molar-refractivity contribution in [3.63, 3.8) is 0 Å². The van der Waals surface area contributed by atoms with Crippen LogP contribution in [0.1, 0.15) is 18.5 Å². The van der Waals surface area contributed by atoms with Crippen LogP contribution in [0.25, 0.3) is 10.9 Å². The number of H-pyrrole nitrogens is 1. The maximum atomic E-state index is 13.3. The van der Waals surface area contributed by atoms with E-state index in [9.17, 15) is 14.0 Å². The molecule has 138 valence electrons. The summed E-state index contributed by atoms with van der Waals surface area (Å²) in [4.78, 5) is 31.9. The van der Waals surface area contributed by atoms with Gasteiger partial charge in [-0.3, -0.25) is 14.5 Å². The molecule has 4 rings (SSSR count). The van der Waals surface area contributed by atoms with Gasteiger partial charge in [0.1, 0.15) is 11.9 Å². The number of carbonyl (C=O) groups is 1. The maximum Gasteiger partial charge on any atom is 0.251 e. The number of pyridine rings is 1. The van der Waals surface area contributed by atoms with Crippen molar-refractivity contribution in [3.05, 3.63) is 46.0 Å². The second kappa shape index (κ2) is 7.17. The zero-order chi connectivity index (χ0) is 18.1. The predicted molar refractivity (Wildman–Crippen MR) is 95.4 cm³/mol. The minimum atomic E-state index is -0.414. The minimum absolute atomic E-state index is 0.100. The summed E-state index contributed by atoms with van der Waals surface area (Å²) in [7, 11) is 0. The molecule has 0 bridgehead atoms. The van der Waals surface area contributed by atoms with Crippen LogP contribution in [0.3, 0.4) is 0 Å². The lowest BCUT2D eigenvalue weighted by Crippen LogP contribution is -2.51. The Bertz CT molecular complexity index is 868. The molecule has 1 N–H and O–H groups in total. The average molecular weight is 359 g/mol. The summed E-state index contributed by atoms with van der Waals surface area (Å²) in [5.41, 5.74) is 1.26. The van der Waals surface area contributed by atoms with Gasteiger partial charge in [-0.25, -0.2) is 4.39 Å². The van der Waals surface area contributed by atoms with E-state index in [0.29, 0.717) is 37.1 Å². The molecule has 6 nitrogen and oxygen atoms in total. The van der Waals surface area contributed by atoms with Crippen molar-refractivity contribution in [2.75, 3.05) is 32.8 Å². The van der Waals surface area contributed by atoms with Crippen LogP contribution in [0.5, 0.6) is 0 Å². The molecule has 2 fully saturated rings. The second-order valence-electron chi connectivity index (χ2n) is 6.95. The normalized spacial score (nSPS) is 21.4. The van der Waals surface area contributed by atoms with Gasteiger partial charge >= 0.3 is 0 Å². The zero-order valence-electron chi connectivity index (χ0n) is 14.5. The van der Waals surface area contributed by atoms with Crippen LogP contribution in [0.2, 0.25) is 0 Å². The number of aromatic amines is 1. The van der Waals surface area contributed by atoms with Gasteiger partial charge in [0, 0.05) is 62.0 Å². The third kappa shape index (κ3) is 3.50. The van der Waals surface area contributed by atoms with E-state index < -0.39 is 5.82 Å². The van der Waals surface area contributed by atoms with Crippen molar-refractivity contribution in [1.82, 2.24) is 14.8 Å². The lowest BCUT2D eigenvalue weighted by molar-refractivity contribution is -0.142. The SMILES string of the molecule is O=C([C@H]1CCCO1)N1CCN(Cc2cc(=O)c3cc(F)ccc3[nH]2)CC1. The van der Waals surface area contributed by atoms with E-state index in [1.165, 1.54) is 18.2 Å². The summed E-state index contributed by atoms with van der Waals surface area (Å²) >= 11 is 0. The third-order valence-electron chi connectivity index (χ3n) is 5.13. The standard InChI is InChI=1S/C19H22FN3O3/c20-13-3-4-16-15(10-13)17(24)11-14(21-16)12-22-5-7-23(8-6-22)19(25)18-2-1-9-26-18/h3-4,10-11,18H,1-2,5-9,12H2,(H,21,24)/t18-/m1/s1. The summed E-state index contributed by atoms with van der Waals surface area (Å²) in [6.45, 7) is 4.12. The molecular weight excluding hydrogens is 337 g/mol. The smallest absolute Gasteiger partial charge is 0.251 e. The van der Waals surface area contributed by atoms with E-state index in [0.717, 1.165) is 31.6 Å². The third-order valence-corrected chi connectivity index (χ3v) is 5.13. The van der Waals surface area contributed by atoms with Crippen LogP contribution in [-0.4, -0.2) is 59.6 Å². The van der Waals surface area contributed by atoms with Crippen LogP contribution in [0.15, 0.2) is 29.1 Å². The van der Waals surface area contributed by atoms with Gasteiger partial charge in [-0.05, 0) is 31.0 Å². The highest BCUT2D eigenvalue weighted by molar-refractivity contribution is 5.81. The van der Waals surface area contributed by atoms with Crippen LogP contribution in [0, 0.1) is 5.82 Å². The Morgan fingerprint density at radius 3 is 2.77 bits per heavy atom. The molecule has 2 aliphatic heterocycles. The van der Waals surface area contributed by atoms with E-state index in [2.05, 4.69) is 9.88 Å². The first-order valence-electron chi connectivity index (χ1n) is 9.04. The van der Waals surface area contributed by atoms with Gasteiger partial charge in [0.15, 0.2) is 5.43 Å². The molecule has 2 aromatic rings. The Balaban J connectivity index is 1.40. The average Bonchev–Trinajstić information content (AvgIpc) is 3.17. The Morgan fingerprint density at radius 1 is 1.23 bits per heavy atom. The monoisotopic (exact) mass is 359 g/mol. The van der Waals surface area contributed by atoms with Gasteiger partial charge in [0.25, 0.3) is 5.91 Å². The summed E-state index contributed by atoms with van der Waals surface area (Å²) in [5.74, 6) is -0.314. The number of aromatic nitrogens is 1. The molecule has 0 saturated carbocycles. The van der Waals surface area contributed by atoms with Crippen LogP contribution in [0.4, 0.5) is 4.39 Å². The number of nitrogens with zero attached hydrogens (tertiary/aromatic N) is 2. The molecule has 0 spiro atoms. The summed E-state index contributed by atoms with van der Waals surface area (Å²) in [5, 5.41) is 0.362. The Hall–Kier alpha value is -2.25. The number of benzene rings is 1. The number of fused-ring (bicyclic) bond motifs is 1. The highest BCUT2D eigenvalue weighted by Crippen LogP contribution is 2.17. The molecule has 0 unspecified atom stereocenters. The lowest BCUT2D eigenvalue weighted by Gasteiger charge is -2.35. The molecular formula is C19H22FN3O3. The second-order valence-corrected chi connectivity index (χ2v) is 6.95. The number of amides is 1. The van der Waals surface area contributed by atoms with Crippen molar-refractivity contribution < 1.29 is 13.9 Å². The number of hydrogen-bond donors (Lipinski definition) is 1. The summed E-state index contributed by atoms with van der Waals surface area (Å²) in [6.07, 6.45) is 1.51. The fraction of sp³-hybridized carbons (Fsp3) is 0.474. The predicted octanol–water partition coefficient (Wildman–Crippen LogP) is 1.49. The van der Waals surface area contributed by atoms with E-state index in [1.54, 1.807) is 6.07 Å². The summed E-state index contributed by atoms with van der Waals surface area (Å²) < 4.78 is 18.8. The highest BCUT2D eigenvalue weighted by Gasteiger charge is 2.30. The molecule has 7 heteroatoms. The van der Waals surface area contributed by atoms with Crippen molar-refractivity contribution in [2.24, 2.45) is 0 Å². The fourth-order valence-electron chi connectivity index (χ4n) is 3.70. The maximum absolute atomic E-state index is 13.3. The Morgan fingerprint density at radius 2 is 2.04 bits per heavy atom. The van der Waals surface area contributed by atoms with E-state index in [-0.39, 0.29) is 17.4 Å². The molecule has 26 heavy (non-hydrogen) atoms. The first kappa shape index (κ1) is 17.2. The van der Waals surface area contributed by atoms with Crippen LogP contribution >= 0.6 is 0 Å².